The summed E-state index contributed by atoms with van der Waals surface area (Å²) in [6.45, 7) is -0.370. The summed E-state index contributed by atoms with van der Waals surface area (Å²) in [5.41, 5.74) is 4.54. The number of amides is 2. The summed E-state index contributed by atoms with van der Waals surface area (Å²) in [5.74, 6) is -1.40. The molecule has 0 spiro atoms. The third-order valence-corrected chi connectivity index (χ3v) is 3.30. The van der Waals surface area contributed by atoms with Crippen molar-refractivity contribution in [3.05, 3.63) is 58.3 Å². The predicted octanol–water partition coefficient (Wildman–Crippen LogP) is 2.13. The smallest absolute Gasteiger partial charge is 0.276 e. The first-order valence-corrected chi connectivity index (χ1v) is 7.21. The van der Waals surface area contributed by atoms with Crippen LogP contribution in [0.3, 0.4) is 0 Å². The molecule has 0 atom stereocenters. The lowest BCUT2D eigenvalue weighted by Gasteiger charge is -2.10. The third kappa shape index (κ3) is 4.96. The Morgan fingerprint density at radius 1 is 1.17 bits per heavy atom. The number of rotatable bonds is 4. The van der Waals surface area contributed by atoms with E-state index < -0.39 is 17.6 Å². The minimum atomic E-state index is -0.602. The summed E-state index contributed by atoms with van der Waals surface area (Å²) in [4.78, 5) is 23.3. The van der Waals surface area contributed by atoms with E-state index in [-0.39, 0.29) is 17.9 Å². The van der Waals surface area contributed by atoms with E-state index in [0.29, 0.717) is 10.2 Å². The second kappa shape index (κ2) is 7.59. The topological polar surface area (TPSA) is 87.7 Å². The van der Waals surface area contributed by atoms with Gasteiger partial charge in [-0.05, 0) is 52.3 Å². The largest absolute Gasteiger partial charge is 0.508 e. The van der Waals surface area contributed by atoms with Gasteiger partial charge in [0.2, 0.25) is 0 Å². The molecule has 6 nitrogen and oxygen atoms in total. The molecular formula is C15H12BrFN2O4. The monoisotopic (exact) mass is 382 g/mol. The molecule has 120 valence electrons. The summed E-state index contributed by atoms with van der Waals surface area (Å²) in [7, 11) is 0. The van der Waals surface area contributed by atoms with E-state index >= 15 is 0 Å². The van der Waals surface area contributed by atoms with Gasteiger partial charge in [0.15, 0.2) is 6.61 Å². The molecule has 0 saturated carbocycles. The van der Waals surface area contributed by atoms with Crippen molar-refractivity contribution in [1.82, 2.24) is 10.9 Å². The van der Waals surface area contributed by atoms with Gasteiger partial charge in [-0.3, -0.25) is 20.4 Å². The van der Waals surface area contributed by atoms with E-state index in [2.05, 4.69) is 26.8 Å². The molecule has 0 aliphatic carbocycles. The van der Waals surface area contributed by atoms with E-state index in [4.69, 9.17) is 4.74 Å². The molecule has 0 radical (unpaired) electrons. The van der Waals surface area contributed by atoms with Gasteiger partial charge >= 0.3 is 0 Å². The van der Waals surface area contributed by atoms with Crippen LogP contribution in [0, 0.1) is 5.82 Å². The Hall–Kier alpha value is -2.61. The lowest BCUT2D eigenvalue weighted by Crippen LogP contribution is -2.43. The Morgan fingerprint density at radius 3 is 2.65 bits per heavy atom. The number of carbonyl (C=O) groups excluding carboxylic acids is 2. The fraction of sp³-hybridized carbons (Fsp3) is 0.0667. The zero-order valence-corrected chi connectivity index (χ0v) is 13.3. The molecule has 2 aromatic rings. The lowest BCUT2D eigenvalue weighted by atomic mass is 10.2. The zero-order valence-electron chi connectivity index (χ0n) is 11.7. The van der Waals surface area contributed by atoms with Gasteiger partial charge in [0.1, 0.15) is 17.3 Å². The fourth-order valence-electron chi connectivity index (χ4n) is 1.62. The molecule has 8 heteroatoms. The van der Waals surface area contributed by atoms with Crippen LogP contribution in [0.25, 0.3) is 0 Å². The van der Waals surface area contributed by atoms with E-state index in [9.17, 15) is 19.1 Å². The minimum Gasteiger partial charge on any atom is -0.508 e. The summed E-state index contributed by atoms with van der Waals surface area (Å²) >= 11 is 3.11. The van der Waals surface area contributed by atoms with Crippen molar-refractivity contribution >= 4 is 27.7 Å². The van der Waals surface area contributed by atoms with Gasteiger partial charge in [-0.25, -0.2) is 4.39 Å². The molecule has 0 aliphatic heterocycles. The number of ether oxygens (including phenoxy) is 1. The molecule has 0 unspecified atom stereocenters. The number of phenols is 1. The highest BCUT2D eigenvalue weighted by Gasteiger charge is 2.09. The number of hydrazine groups is 1. The Labute approximate surface area is 139 Å². The first-order valence-electron chi connectivity index (χ1n) is 6.42. The van der Waals surface area contributed by atoms with Crippen LogP contribution in [-0.4, -0.2) is 23.5 Å². The highest BCUT2D eigenvalue weighted by Crippen LogP contribution is 2.25. The average molecular weight is 383 g/mol. The standard InChI is InChI=1S/C15H12BrFN2O4/c16-12-7-10(17)4-5-13(12)23-8-14(21)18-19-15(22)9-2-1-3-11(20)6-9/h1-7,20H,8H2,(H,18,21)(H,19,22). The van der Waals surface area contributed by atoms with Crippen LogP contribution in [-0.2, 0) is 4.79 Å². The zero-order chi connectivity index (χ0) is 16.8. The molecule has 0 bridgehead atoms. The predicted molar refractivity (Wildman–Crippen MR) is 83.3 cm³/mol. The van der Waals surface area contributed by atoms with Gasteiger partial charge in [0, 0.05) is 5.56 Å². The van der Waals surface area contributed by atoms with Gasteiger partial charge in [-0.1, -0.05) is 6.07 Å². The van der Waals surface area contributed by atoms with Gasteiger partial charge in [0.05, 0.1) is 4.47 Å². The molecular weight excluding hydrogens is 371 g/mol. The first-order chi connectivity index (χ1) is 11.0. The van der Waals surface area contributed by atoms with Gasteiger partial charge in [-0.2, -0.15) is 0 Å². The van der Waals surface area contributed by atoms with Crippen molar-refractivity contribution in [2.24, 2.45) is 0 Å². The number of aromatic hydroxyl groups is 1. The van der Waals surface area contributed by atoms with Crippen LogP contribution in [0.2, 0.25) is 0 Å². The normalized spacial score (nSPS) is 10.0. The van der Waals surface area contributed by atoms with E-state index in [1.165, 1.54) is 42.5 Å². The van der Waals surface area contributed by atoms with Crippen molar-refractivity contribution in [2.75, 3.05) is 6.61 Å². The SMILES string of the molecule is O=C(COc1ccc(F)cc1Br)NNC(=O)c1cccc(O)c1. The Balaban J connectivity index is 1.82. The second-order valence-electron chi connectivity index (χ2n) is 4.42. The van der Waals surface area contributed by atoms with Gasteiger partial charge in [0.25, 0.3) is 11.8 Å². The fourth-order valence-corrected chi connectivity index (χ4v) is 2.08. The van der Waals surface area contributed by atoms with Crippen LogP contribution in [0.1, 0.15) is 10.4 Å². The molecule has 0 heterocycles. The Morgan fingerprint density at radius 2 is 1.96 bits per heavy atom. The molecule has 0 aromatic heterocycles. The quantitative estimate of drug-likeness (QED) is 0.706. The highest BCUT2D eigenvalue weighted by atomic mass is 79.9. The van der Waals surface area contributed by atoms with Crippen molar-refractivity contribution in [1.29, 1.82) is 0 Å². The minimum absolute atomic E-state index is 0.0616. The molecule has 2 rings (SSSR count). The number of halogens is 2. The number of carbonyl (C=O) groups is 2. The summed E-state index contributed by atoms with van der Waals surface area (Å²) in [6, 6.07) is 9.43. The number of phenolic OH excluding ortho intramolecular Hbond substituents is 1. The Bertz CT molecular complexity index is 739. The molecule has 0 saturated heterocycles. The number of nitrogens with one attached hydrogen (secondary N) is 2. The van der Waals surface area contributed by atoms with E-state index in [1.54, 1.807) is 0 Å². The van der Waals surface area contributed by atoms with Gasteiger partial charge in [-0.15, -0.1) is 0 Å². The lowest BCUT2D eigenvalue weighted by molar-refractivity contribution is -0.123. The second-order valence-corrected chi connectivity index (χ2v) is 5.27. The maximum Gasteiger partial charge on any atom is 0.276 e. The summed E-state index contributed by atoms with van der Waals surface area (Å²) in [6.07, 6.45) is 0. The molecule has 0 aliphatic rings. The van der Waals surface area contributed by atoms with E-state index in [1.807, 2.05) is 0 Å². The number of benzene rings is 2. The van der Waals surface area contributed by atoms with E-state index in [0.717, 1.165) is 0 Å². The average Bonchev–Trinajstić information content (AvgIpc) is 2.51. The maximum absolute atomic E-state index is 12.9. The van der Waals surface area contributed by atoms with Crippen molar-refractivity contribution < 1.29 is 23.8 Å². The molecule has 0 fully saturated rings. The van der Waals surface area contributed by atoms with Crippen LogP contribution in [0.5, 0.6) is 11.5 Å². The summed E-state index contributed by atoms with van der Waals surface area (Å²) < 4.78 is 18.5. The van der Waals surface area contributed by atoms with Crippen LogP contribution < -0.4 is 15.6 Å². The third-order valence-electron chi connectivity index (χ3n) is 2.68. The number of hydrogen-bond acceptors (Lipinski definition) is 4. The van der Waals surface area contributed by atoms with Crippen LogP contribution >= 0.6 is 15.9 Å². The van der Waals surface area contributed by atoms with Crippen LogP contribution in [0.4, 0.5) is 4.39 Å². The molecule has 2 aromatic carbocycles. The van der Waals surface area contributed by atoms with Crippen LogP contribution in [0.15, 0.2) is 46.9 Å². The van der Waals surface area contributed by atoms with Crippen molar-refractivity contribution in [2.45, 2.75) is 0 Å². The Kier molecular flexibility index (Phi) is 5.53. The maximum atomic E-state index is 12.9. The molecule has 3 N–H and O–H groups in total. The van der Waals surface area contributed by atoms with Crippen molar-refractivity contribution in [3.8, 4) is 11.5 Å². The van der Waals surface area contributed by atoms with Crippen molar-refractivity contribution in [3.63, 3.8) is 0 Å². The van der Waals surface area contributed by atoms with Gasteiger partial charge < -0.3 is 9.84 Å². The number of hydrogen-bond donors (Lipinski definition) is 3. The highest BCUT2D eigenvalue weighted by molar-refractivity contribution is 9.10. The molecule has 23 heavy (non-hydrogen) atoms. The first kappa shape index (κ1) is 16.8. The summed E-state index contributed by atoms with van der Waals surface area (Å²) in [5, 5.41) is 9.28. The molecule has 2 amide bonds.